The summed E-state index contributed by atoms with van der Waals surface area (Å²) in [4.78, 5) is 4.23. The van der Waals surface area contributed by atoms with Crippen LogP contribution in [0.4, 0.5) is 0 Å². The number of hydrogen-bond donors (Lipinski definition) is 0. The predicted molar refractivity (Wildman–Crippen MR) is 316 cm³/mol. The fourth-order valence-electron chi connectivity index (χ4n) is 8.12. The zero-order valence-electron chi connectivity index (χ0n) is 45.9. The molecule has 0 amide bonds. The van der Waals surface area contributed by atoms with Crippen molar-refractivity contribution in [2.75, 3.05) is 0 Å². The monoisotopic (exact) mass is 1050 g/mol. The molecule has 11 rings (SSSR count). The van der Waals surface area contributed by atoms with E-state index in [1.54, 1.807) is 6.20 Å². The van der Waals surface area contributed by atoms with Crippen LogP contribution in [0, 0.1) is 0 Å². The first-order chi connectivity index (χ1) is 37.4. The lowest BCUT2D eigenvalue weighted by Gasteiger charge is -2.18. The number of benzene rings is 7. The second-order valence-electron chi connectivity index (χ2n) is 21.2. The largest absolute Gasteiger partial charge is 0.649 e. The molecule has 3 radical (unpaired) electrons. The summed E-state index contributed by atoms with van der Waals surface area (Å²) in [6.45, 7) is 19.7. The maximum absolute atomic E-state index is 6.01. The van der Waals surface area contributed by atoms with Gasteiger partial charge < -0.3 is 17.0 Å². The summed E-state index contributed by atoms with van der Waals surface area (Å²) in [5.41, 5.74) is 12.6. The van der Waals surface area contributed by atoms with E-state index < -0.39 is 0 Å². The van der Waals surface area contributed by atoms with Gasteiger partial charge in [-0.1, -0.05) is 165 Å². The minimum Gasteiger partial charge on any atom is -0.649 e. The summed E-state index contributed by atoms with van der Waals surface area (Å²) >= 11 is 1.47. The zero-order valence-corrected chi connectivity index (χ0v) is 47.4. The van der Waals surface area contributed by atoms with E-state index in [-0.39, 0.29) is 25.3 Å². The van der Waals surface area contributed by atoms with Gasteiger partial charge in [-0.3, -0.25) is 4.98 Å². The van der Waals surface area contributed by atoms with Crippen molar-refractivity contribution in [2.45, 2.75) is 78.6 Å². The van der Waals surface area contributed by atoms with Crippen LogP contribution in [0.5, 0.6) is 5.75 Å². The first kappa shape index (κ1) is 54.0. The van der Waals surface area contributed by atoms with Crippen molar-refractivity contribution in [1.82, 2.24) is 35.6 Å². The average molecular weight is 1050 g/mol. The van der Waals surface area contributed by atoms with Gasteiger partial charge in [-0.15, -0.1) is 30.6 Å². The third kappa shape index (κ3) is 14.0. The maximum Gasteiger partial charge on any atom is 0.494 e. The van der Waals surface area contributed by atoms with Crippen LogP contribution in [0.25, 0.3) is 90.8 Å². The molecule has 77 heavy (non-hydrogen) atoms. The summed E-state index contributed by atoms with van der Waals surface area (Å²) in [7, 11) is 4.38. The molecule has 0 spiro atoms. The number of nitrogens with zero attached hydrogens (tertiary/aromatic N) is 7. The normalized spacial score (nSPS) is 11.7. The van der Waals surface area contributed by atoms with E-state index in [9.17, 15) is 0 Å². The molecule has 0 aliphatic rings. The molecule has 14 heteroatoms. The molecule has 0 bridgehead atoms. The molecule has 0 saturated carbocycles. The van der Waals surface area contributed by atoms with E-state index in [0.717, 1.165) is 55.6 Å². The summed E-state index contributed by atoms with van der Waals surface area (Å²) in [6, 6.07) is 60.8. The first-order valence-electron chi connectivity index (χ1n) is 25.6. The minimum absolute atomic E-state index is 0.0868. The Morgan fingerprint density at radius 1 is 0.403 bits per heavy atom. The van der Waals surface area contributed by atoms with Crippen LogP contribution in [0.3, 0.4) is 0 Å². The quantitative estimate of drug-likeness (QED) is 0.106. The molecule has 0 aliphatic carbocycles. The van der Waals surface area contributed by atoms with Crippen molar-refractivity contribution in [3.8, 4) is 85.6 Å². The fraction of sp³-hybridized carbons (Fsp3) is 0.190. The number of fused-ring (bicyclic) bond motifs is 1. The van der Waals surface area contributed by atoms with E-state index in [1.807, 2.05) is 121 Å². The third-order valence-corrected chi connectivity index (χ3v) is 12.9. The Morgan fingerprint density at radius 2 is 0.714 bits per heavy atom. The van der Waals surface area contributed by atoms with Crippen LogP contribution in [0.2, 0.25) is 0 Å². The van der Waals surface area contributed by atoms with Crippen LogP contribution in [0.15, 0.2) is 201 Å². The van der Waals surface area contributed by atoms with Crippen LogP contribution in [-0.4, -0.2) is 61.0 Å². The molecule has 11 nitrogen and oxygen atoms in total. The molecule has 0 N–H and O–H groups in total. The van der Waals surface area contributed by atoms with Crippen molar-refractivity contribution in [1.29, 1.82) is 1.28 Å². The van der Waals surface area contributed by atoms with Gasteiger partial charge >= 0.3 is 16.6 Å². The smallest absolute Gasteiger partial charge is 0.494 e. The average Bonchev–Trinajstić information content (AvgIpc) is 4.28. The van der Waals surface area contributed by atoms with Gasteiger partial charge in [0.05, 0.1) is 7.57 Å². The minimum atomic E-state index is -0.167. The van der Waals surface area contributed by atoms with Gasteiger partial charge in [0.25, 0.3) is 0 Å². The number of rotatable bonds is 8. The molecule has 1 atom stereocenters. The molecule has 1 unspecified atom stereocenters. The summed E-state index contributed by atoms with van der Waals surface area (Å²) in [5.74, 6) is 3.74. The standard InChI is InChI=1S/C30H30N4O2.C24H22N2O.C9H7NO.Al.BH2P.H/c1-29(2,3)23-14-10-19(11-15-23)25-31-33-27(35-25)21-8-7-9-22(18-21)28-34-32-26(36-28)20-12-16-24(17-13-20)30(4,5)6;1-24(2,3)21-15-13-20(14-16-21)23-26-25-22(27-23)19-11-9-18(10-12-19)17-7-5-4-6-8-17;11-8-5-1-3-7-4-2-6-10-9(7)8;;1-2;/h7-18H,1-6H3;4-16H,1-3H3;1-6,11H;;2H2;/q;;;+1;;/p-1/i;;;;2D;. The Bertz CT molecular complexity index is 3550. The number of hydrogen-bond acceptors (Lipinski definition) is 11. The van der Waals surface area contributed by atoms with E-state index in [1.165, 1.54) is 38.9 Å². The molecular formula is C63H61AlBN7O4P. The second-order valence-corrected chi connectivity index (χ2v) is 21.5. The van der Waals surface area contributed by atoms with Crippen molar-refractivity contribution in [3.05, 3.63) is 205 Å². The highest BCUT2D eigenvalue weighted by Crippen LogP contribution is 2.33. The Balaban J connectivity index is 0.000000167. The van der Waals surface area contributed by atoms with Crippen molar-refractivity contribution >= 4 is 44.2 Å². The Hall–Kier alpha value is -7.80. The van der Waals surface area contributed by atoms with Gasteiger partial charge in [0.1, 0.15) is 11.3 Å². The first-order valence-corrected chi connectivity index (χ1v) is 26.3. The molecule has 4 aromatic heterocycles. The number of para-hydroxylation sites is 1. The lowest BCUT2D eigenvalue weighted by Crippen LogP contribution is -2.10. The van der Waals surface area contributed by atoms with Crippen LogP contribution >= 0.6 is 9.06 Å². The Kier molecular flexibility index (Phi) is 17.2. The molecule has 4 heterocycles. The molecule has 11 aromatic rings. The van der Waals surface area contributed by atoms with E-state index in [2.05, 4.69) is 166 Å². The van der Waals surface area contributed by atoms with Crippen molar-refractivity contribution in [2.24, 2.45) is 0 Å². The van der Waals surface area contributed by atoms with Crippen LogP contribution in [-0.2, 0) is 16.2 Å². The lowest BCUT2D eigenvalue weighted by molar-refractivity contribution is 0.580. The summed E-state index contributed by atoms with van der Waals surface area (Å²) in [6.07, 6.45) is 1.77. The highest BCUT2D eigenvalue weighted by molar-refractivity contribution is 7.49. The molecular weight excluding hydrogens is 988 g/mol. The van der Waals surface area contributed by atoms with E-state index >= 15 is 0 Å². The Morgan fingerprint density at radius 3 is 1.09 bits per heavy atom. The second kappa shape index (κ2) is 24.5. The van der Waals surface area contributed by atoms with Gasteiger partial charge in [0.15, 0.2) is 0 Å². The summed E-state index contributed by atoms with van der Waals surface area (Å²) < 4.78 is 29.1. The molecule has 7 aromatic carbocycles. The highest BCUT2D eigenvalue weighted by Gasteiger charge is 2.19. The molecule has 383 valence electrons. The Labute approximate surface area is 464 Å². The van der Waals surface area contributed by atoms with E-state index in [0.29, 0.717) is 35.3 Å². The van der Waals surface area contributed by atoms with Gasteiger partial charge in [-0.2, -0.15) is 9.06 Å². The molecule has 0 saturated heterocycles. The topological polar surface area (TPSA) is 139 Å². The SMILES string of the molecule is CC(C)(C)c1ccc(-c2nnc(-c3ccc(-c4ccccc4)cc3)o2)cc1.CC(C)(C)c1ccc(-c2nnc(-c3cccc(-c4nnc(-c5ccc(C(C)(C)C)cc5)o4)c3)o2)cc1.[2H]P[B].[AlH][O]c1cccc2cccnc12. The highest BCUT2D eigenvalue weighted by atomic mass is 31.0. The summed E-state index contributed by atoms with van der Waals surface area (Å²) in [5, 5.41) is 26.6. The van der Waals surface area contributed by atoms with Gasteiger partial charge in [0, 0.05) is 46.2 Å². The molecule has 0 aliphatic heterocycles. The number of pyridine rings is 1. The van der Waals surface area contributed by atoms with Crippen LogP contribution < -0.4 is 3.79 Å². The van der Waals surface area contributed by atoms with Gasteiger partial charge in [0.2, 0.25) is 35.3 Å². The van der Waals surface area contributed by atoms with E-state index in [4.69, 9.17) is 18.3 Å². The van der Waals surface area contributed by atoms with Crippen molar-refractivity contribution in [3.63, 3.8) is 0 Å². The maximum atomic E-state index is 6.01. The third-order valence-electron chi connectivity index (χ3n) is 12.6. The zero-order chi connectivity index (χ0) is 55.5. The number of aromatic nitrogens is 7. The van der Waals surface area contributed by atoms with Crippen molar-refractivity contribution < 1.29 is 17.0 Å². The van der Waals surface area contributed by atoms with Gasteiger partial charge in [-0.25, -0.2) is 0 Å². The van der Waals surface area contributed by atoms with Gasteiger partial charge in [-0.05, 0) is 123 Å². The lowest BCUT2D eigenvalue weighted by atomic mass is 9.87. The van der Waals surface area contributed by atoms with Crippen LogP contribution in [0.1, 0.15) is 79.0 Å². The predicted octanol–water partition coefficient (Wildman–Crippen LogP) is 15.5. The molecule has 0 fully saturated rings. The fourth-order valence-corrected chi connectivity index (χ4v) is 8.35.